The fourth-order valence-electron chi connectivity index (χ4n) is 1.17. The maximum atomic E-state index is 3.21. The van der Waals surface area contributed by atoms with E-state index in [9.17, 15) is 0 Å². The normalized spacial score (nSPS) is 8.71. The third-order valence-corrected chi connectivity index (χ3v) is 4.05. The van der Waals surface area contributed by atoms with Crippen LogP contribution < -0.4 is 24.8 Å². The second-order valence-corrected chi connectivity index (χ2v) is 6.10. The zero-order valence-corrected chi connectivity index (χ0v) is 16.4. The van der Waals surface area contributed by atoms with E-state index in [1.54, 1.807) is 0 Å². The quantitative estimate of drug-likeness (QED) is 0.474. The molecule has 92 valence electrons. The van der Waals surface area contributed by atoms with Gasteiger partial charge in [-0.25, -0.2) is 39.6 Å². The van der Waals surface area contributed by atoms with Crippen molar-refractivity contribution in [1.29, 1.82) is 0 Å². The molecule has 2 atom stereocenters. The largest absolute Gasteiger partial charge is 4.00 e. The molecule has 0 amide bonds. The molecule has 0 aromatic carbocycles. The van der Waals surface area contributed by atoms with Crippen LogP contribution >= 0.6 is 16.4 Å². The Labute approximate surface area is 139 Å². The van der Waals surface area contributed by atoms with Crippen LogP contribution in [0.1, 0.15) is 21.7 Å². The Morgan fingerprint density at radius 1 is 0.765 bits per heavy atom. The number of hydrogen-bond donors (Lipinski definition) is 0. The summed E-state index contributed by atoms with van der Waals surface area (Å²) in [7, 11) is 1.81. The summed E-state index contributed by atoms with van der Waals surface area (Å²) in [6.45, 7) is 8.41. The molecule has 2 rings (SSSR count). The number of aryl methyl sites for hydroxylation is 4. The monoisotopic (exact) mass is 382 g/mol. The van der Waals surface area contributed by atoms with E-state index in [4.69, 9.17) is 0 Å². The Morgan fingerprint density at radius 2 is 1.06 bits per heavy atom. The molecule has 0 fully saturated rings. The zero-order chi connectivity index (χ0) is 10.6. The van der Waals surface area contributed by atoms with Gasteiger partial charge in [0.15, 0.2) is 0 Å². The van der Waals surface area contributed by atoms with Gasteiger partial charge in [-0.2, -0.15) is 11.6 Å². The molecular formula is C12H16Cl2P2Zr. The van der Waals surface area contributed by atoms with Crippen LogP contribution in [0.3, 0.4) is 0 Å². The van der Waals surface area contributed by atoms with E-state index in [0.29, 0.717) is 0 Å². The van der Waals surface area contributed by atoms with Crippen LogP contribution in [0.5, 0.6) is 0 Å². The van der Waals surface area contributed by atoms with Crippen molar-refractivity contribution in [2.45, 2.75) is 27.7 Å². The Bertz CT molecular complexity index is 325. The van der Waals surface area contributed by atoms with E-state index in [1.807, 2.05) is 0 Å². The SMILES string of the molecule is Cc1[c-]c(C)[pH]c1.Cc1[c-]c(C)[pH]c1.[Cl-].[Cl-].[Zr+4]. The van der Waals surface area contributed by atoms with Crippen molar-refractivity contribution in [1.82, 2.24) is 0 Å². The molecule has 0 nitrogen and oxygen atoms in total. The van der Waals surface area contributed by atoms with E-state index in [1.165, 1.54) is 21.7 Å². The van der Waals surface area contributed by atoms with Gasteiger partial charge in [0.05, 0.1) is 0 Å². The van der Waals surface area contributed by atoms with Crippen LogP contribution in [0.25, 0.3) is 0 Å². The summed E-state index contributed by atoms with van der Waals surface area (Å²) >= 11 is 0. The first-order valence-corrected chi connectivity index (χ1v) is 6.81. The zero-order valence-electron chi connectivity index (χ0n) is 10.4. The van der Waals surface area contributed by atoms with Gasteiger partial charge < -0.3 is 24.8 Å². The summed E-state index contributed by atoms with van der Waals surface area (Å²) in [5.41, 5.74) is 2.60. The van der Waals surface area contributed by atoms with Gasteiger partial charge in [-0.3, -0.25) is 0 Å². The third kappa shape index (κ3) is 10.6. The summed E-state index contributed by atoms with van der Waals surface area (Å²) < 4.78 is 0. The first kappa shape index (κ1) is 23.1. The third-order valence-electron chi connectivity index (χ3n) is 1.78. The van der Waals surface area contributed by atoms with E-state index in [2.05, 4.69) is 51.4 Å². The molecule has 0 aliphatic carbocycles. The fourth-order valence-corrected chi connectivity index (χ4v) is 2.72. The van der Waals surface area contributed by atoms with Crippen molar-refractivity contribution in [3.63, 3.8) is 0 Å². The standard InChI is InChI=1S/2C6H8P.2ClH.Zr/c2*1-5-3-6(2)7-4-5;;;/h2*4,7H,1-2H3;2*1H;/q2*-1;;;+4/p-2. The number of rotatable bonds is 0. The molecule has 2 aromatic heterocycles. The average molecular weight is 384 g/mol. The van der Waals surface area contributed by atoms with Gasteiger partial charge in [0.1, 0.15) is 0 Å². The minimum Gasteiger partial charge on any atom is -1.00 e. The van der Waals surface area contributed by atoms with Gasteiger partial charge >= 0.3 is 26.2 Å². The van der Waals surface area contributed by atoms with Gasteiger partial charge in [-0.15, -0.1) is 10.6 Å². The predicted molar refractivity (Wildman–Crippen MR) is 68.5 cm³/mol. The fraction of sp³-hybridized carbons (Fsp3) is 0.333. The van der Waals surface area contributed by atoms with Crippen LogP contribution in [0, 0.1) is 39.8 Å². The molecule has 0 radical (unpaired) electrons. The van der Waals surface area contributed by atoms with Gasteiger partial charge in [0.2, 0.25) is 0 Å². The molecule has 0 bridgehead atoms. The first-order valence-electron chi connectivity index (χ1n) is 4.65. The molecule has 5 heteroatoms. The molecule has 0 aliphatic rings. The van der Waals surface area contributed by atoms with Gasteiger partial charge in [-0.05, 0) is 0 Å². The van der Waals surface area contributed by atoms with Crippen LogP contribution in [-0.2, 0) is 26.2 Å². The smallest absolute Gasteiger partial charge is 1.00 e. The molecule has 0 N–H and O–H groups in total. The minimum absolute atomic E-state index is 0. The van der Waals surface area contributed by atoms with Gasteiger partial charge in [0.25, 0.3) is 0 Å². The van der Waals surface area contributed by atoms with Gasteiger partial charge in [0, 0.05) is 0 Å². The Morgan fingerprint density at radius 3 is 1.12 bits per heavy atom. The Kier molecular flexibility index (Phi) is 16.4. The first-order chi connectivity index (χ1) is 6.58. The van der Waals surface area contributed by atoms with Crippen molar-refractivity contribution in [3.8, 4) is 0 Å². The van der Waals surface area contributed by atoms with Crippen molar-refractivity contribution >= 4 is 16.4 Å². The van der Waals surface area contributed by atoms with Crippen molar-refractivity contribution < 1.29 is 51.0 Å². The van der Waals surface area contributed by atoms with Crippen LogP contribution in [0.2, 0.25) is 0 Å². The molecule has 2 unspecified atom stereocenters. The molecule has 17 heavy (non-hydrogen) atoms. The van der Waals surface area contributed by atoms with E-state index < -0.39 is 0 Å². The second kappa shape index (κ2) is 12.1. The Balaban J connectivity index is -0.000000196. The van der Waals surface area contributed by atoms with E-state index >= 15 is 0 Å². The predicted octanol–water partition coefficient (Wildman–Crippen LogP) is -1.72. The summed E-state index contributed by atoms with van der Waals surface area (Å²) in [5, 5.41) is 2.77. The molecular weight excluding hydrogens is 368 g/mol. The van der Waals surface area contributed by atoms with E-state index in [-0.39, 0.29) is 51.0 Å². The Hall–Kier alpha value is 1.02. The maximum Gasteiger partial charge on any atom is 4.00 e. The van der Waals surface area contributed by atoms with Crippen molar-refractivity contribution in [2.75, 3.05) is 0 Å². The molecule has 0 saturated heterocycles. The molecule has 0 saturated carbocycles. The summed E-state index contributed by atoms with van der Waals surface area (Å²) in [4.78, 5) is 0. The van der Waals surface area contributed by atoms with Crippen molar-refractivity contribution in [2.24, 2.45) is 0 Å². The van der Waals surface area contributed by atoms with Crippen molar-refractivity contribution in [3.05, 3.63) is 45.4 Å². The topological polar surface area (TPSA) is 0 Å². The van der Waals surface area contributed by atoms with Crippen LogP contribution in [0.15, 0.2) is 11.6 Å². The number of halogens is 2. The summed E-state index contributed by atoms with van der Waals surface area (Å²) in [6, 6.07) is 6.41. The molecule has 2 aromatic rings. The average Bonchev–Trinajstić information content (AvgIpc) is 2.63. The van der Waals surface area contributed by atoms with Crippen LogP contribution in [-0.4, -0.2) is 0 Å². The maximum absolute atomic E-state index is 3.21. The molecule has 0 aliphatic heterocycles. The van der Waals surface area contributed by atoms with Gasteiger partial charge in [-0.1, -0.05) is 27.7 Å². The summed E-state index contributed by atoms with van der Waals surface area (Å²) in [6.07, 6.45) is 0. The minimum atomic E-state index is 0. The molecule has 2 heterocycles. The summed E-state index contributed by atoms with van der Waals surface area (Å²) in [5.74, 6) is 4.44. The molecule has 0 spiro atoms. The second-order valence-electron chi connectivity index (χ2n) is 3.44. The number of hydrogen-bond acceptors (Lipinski definition) is 0. The van der Waals surface area contributed by atoms with E-state index in [0.717, 1.165) is 16.4 Å². The van der Waals surface area contributed by atoms with Crippen LogP contribution in [0.4, 0.5) is 0 Å².